The minimum Gasteiger partial charge on any atom is -0.374 e. The lowest BCUT2D eigenvalue weighted by Crippen LogP contribution is -2.22. The van der Waals surface area contributed by atoms with Crippen LogP contribution in [0.4, 0.5) is 24.5 Å². The first-order valence-corrected chi connectivity index (χ1v) is 6.20. The number of carbonyl (C=O) groups excluding carboxylic acids is 1. The van der Waals surface area contributed by atoms with Crippen LogP contribution in [0.15, 0.2) is 36.4 Å². The third kappa shape index (κ3) is 3.98. The second-order valence-electron chi connectivity index (χ2n) is 4.52. The van der Waals surface area contributed by atoms with Gasteiger partial charge in [0.1, 0.15) is 5.82 Å². The van der Waals surface area contributed by atoms with Gasteiger partial charge >= 0.3 is 0 Å². The lowest BCUT2D eigenvalue weighted by molar-refractivity contribution is -0.114. The number of anilines is 2. The molecule has 0 bridgehead atoms. The fraction of sp³-hybridized carbons (Fsp3) is 0.133. The molecule has 0 atom stereocenters. The number of aryl methyl sites for hydroxylation is 1. The van der Waals surface area contributed by atoms with E-state index in [0.717, 1.165) is 11.6 Å². The number of hydrogen-bond donors (Lipinski definition) is 2. The van der Waals surface area contributed by atoms with Gasteiger partial charge in [0.05, 0.1) is 12.2 Å². The van der Waals surface area contributed by atoms with E-state index in [0.29, 0.717) is 11.8 Å². The van der Waals surface area contributed by atoms with Crippen molar-refractivity contribution in [1.29, 1.82) is 0 Å². The van der Waals surface area contributed by atoms with Crippen molar-refractivity contribution in [3.8, 4) is 0 Å². The summed E-state index contributed by atoms with van der Waals surface area (Å²) < 4.78 is 39.3. The lowest BCUT2D eigenvalue weighted by atomic mass is 10.2. The Hall–Kier alpha value is -2.50. The first kappa shape index (κ1) is 14.9. The fourth-order valence-electron chi connectivity index (χ4n) is 1.70. The normalized spacial score (nSPS) is 10.3. The molecule has 110 valence electrons. The average molecular weight is 294 g/mol. The Balaban J connectivity index is 1.97. The van der Waals surface area contributed by atoms with Gasteiger partial charge in [-0.2, -0.15) is 0 Å². The minimum absolute atomic E-state index is 0.312. The lowest BCUT2D eigenvalue weighted by Gasteiger charge is -2.09. The van der Waals surface area contributed by atoms with E-state index in [2.05, 4.69) is 10.6 Å². The quantitative estimate of drug-likeness (QED) is 0.848. The third-order valence-corrected chi connectivity index (χ3v) is 2.77. The van der Waals surface area contributed by atoms with Gasteiger partial charge in [-0.15, -0.1) is 0 Å². The summed E-state index contributed by atoms with van der Waals surface area (Å²) in [5.41, 5.74) is 1.23. The van der Waals surface area contributed by atoms with E-state index in [1.165, 1.54) is 0 Å². The Morgan fingerprint density at radius 1 is 1.10 bits per heavy atom. The molecule has 0 heterocycles. The molecular formula is C15H13F3N2O. The van der Waals surface area contributed by atoms with Crippen LogP contribution in [0.5, 0.6) is 0 Å². The molecule has 2 aromatic carbocycles. The number of hydrogen-bond acceptors (Lipinski definition) is 2. The molecule has 21 heavy (non-hydrogen) atoms. The van der Waals surface area contributed by atoms with Crippen LogP contribution in [0.25, 0.3) is 0 Å². The van der Waals surface area contributed by atoms with Gasteiger partial charge in [0.25, 0.3) is 0 Å². The zero-order chi connectivity index (χ0) is 15.4. The molecular weight excluding hydrogens is 281 g/mol. The van der Waals surface area contributed by atoms with Crippen LogP contribution in [0.2, 0.25) is 0 Å². The maximum absolute atomic E-state index is 13.4. The van der Waals surface area contributed by atoms with Crippen LogP contribution in [-0.2, 0) is 4.79 Å². The van der Waals surface area contributed by atoms with Gasteiger partial charge in [0.2, 0.25) is 5.91 Å². The predicted octanol–water partition coefficient (Wildman–Crippen LogP) is 3.46. The van der Waals surface area contributed by atoms with Gasteiger partial charge in [0, 0.05) is 17.8 Å². The number of nitrogens with one attached hydrogen (secondary N) is 2. The molecule has 0 saturated heterocycles. The van der Waals surface area contributed by atoms with E-state index in [-0.39, 0.29) is 6.54 Å². The molecule has 0 unspecified atom stereocenters. The molecule has 0 fully saturated rings. The SMILES string of the molecule is Cc1ccc(NC(=O)CNc2cc(F)cc(F)c2F)cc1. The Bertz CT molecular complexity index is 657. The summed E-state index contributed by atoms with van der Waals surface area (Å²) in [6.45, 7) is 1.60. The molecule has 0 spiro atoms. The summed E-state index contributed by atoms with van der Waals surface area (Å²) in [5, 5.41) is 4.94. The van der Waals surface area contributed by atoms with E-state index in [1.54, 1.807) is 12.1 Å². The standard InChI is InChI=1S/C15H13F3N2O/c1-9-2-4-11(5-3-9)20-14(21)8-19-13-7-10(16)6-12(17)15(13)18/h2-7,19H,8H2,1H3,(H,20,21). The van der Waals surface area contributed by atoms with Crippen molar-refractivity contribution in [3.05, 3.63) is 59.4 Å². The summed E-state index contributed by atoms with van der Waals surface area (Å²) >= 11 is 0. The molecule has 0 saturated carbocycles. The van der Waals surface area contributed by atoms with Crippen molar-refractivity contribution in [3.63, 3.8) is 0 Å². The van der Waals surface area contributed by atoms with Crippen LogP contribution in [0, 0.1) is 24.4 Å². The Morgan fingerprint density at radius 2 is 1.76 bits per heavy atom. The van der Waals surface area contributed by atoms with Gasteiger partial charge < -0.3 is 10.6 Å². The van der Waals surface area contributed by atoms with E-state index in [1.807, 2.05) is 19.1 Å². The summed E-state index contributed by atoms with van der Waals surface area (Å²) in [6.07, 6.45) is 0. The first-order chi connectivity index (χ1) is 9.95. The zero-order valence-electron chi connectivity index (χ0n) is 11.2. The molecule has 2 N–H and O–H groups in total. The highest BCUT2D eigenvalue weighted by atomic mass is 19.2. The van der Waals surface area contributed by atoms with Gasteiger partial charge in [-0.05, 0) is 19.1 Å². The topological polar surface area (TPSA) is 41.1 Å². The highest BCUT2D eigenvalue weighted by molar-refractivity contribution is 5.93. The molecule has 2 aromatic rings. The number of rotatable bonds is 4. The first-order valence-electron chi connectivity index (χ1n) is 6.20. The summed E-state index contributed by atoms with van der Waals surface area (Å²) in [5.74, 6) is -3.91. The van der Waals surface area contributed by atoms with Gasteiger partial charge in [-0.1, -0.05) is 17.7 Å². The molecule has 0 aliphatic heterocycles. The second-order valence-corrected chi connectivity index (χ2v) is 4.52. The minimum atomic E-state index is -1.31. The summed E-state index contributed by atoms with van der Waals surface area (Å²) in [4.78, 5) is 11.7. The van der Waals surface area contributed by atoms with Gasteiger partial charge in [0.15, 0.2) is 11.6 Å². The van der Waals surface area contributed by atoms with Crippen molar-refractivity contribution in [2.24, 2.45) is 0 Å². The second kappa shape index (κ2) is 6.30. The summed E-state index contributed by atoms with van der Waals surface area (Å²) in [7, 11) is 0. The molecule has 1 amide bonds. The maximum Gasteiger partial charge on any atom is 0.243 e. The highest BCUT2D eigenvalue weighted by Gasteiger charge is 2.12. The monoisotopic (exact) mass is 294 g/mol. The van der Waals surface area contributed by atoms with Crippen LogP contribution in [0.3, 0.4) is 0 Å². The number of carbonyl (C=O) groups is 1. The van der Waals surface area contributed by atoms with Crippen LogP contribution in [0.1, 0.15) is 5.56 Å². The smallest absolute Gasteiger partial charge is 0.243 e. The number of amides is 1. The van der Waals surface area contributed by atoms with Gasteiger partial charge in [-0.25, -0.2) is 13.2 Å². The van der Waals surface area contributed by atoms with Crippen molar-refractivity contribution in [1.82, 2.24) is 0 Å². The van der Waals surface area contributed by atoms with E-state index >= 15 is 0 Å². The largest absolute Gasteiger partial charge is 0.374 e. The number of benzene rings is 2. The third-order valence-electron chi connectivity index (χ3n) is 2.77. The van der Waals surface area contributed by atoms with E-state index < -0.39 is 29.0 Å². The molecule has 0 radical (unpaired) electrons. The van der Waals surface area contributed by atoms with Crippen molar-refractivity contribution in [2.75, 3.05) is 17.2 Å². The maximum atomic E-state index is 13.4. The Morgan fingerprint density at radius 3 is 2.43 bits per heavy atom. The van der Waals surface area contributed by atoms with Gasteiger partial charge in [-0.3, -0.25) is 4.79 Å². The average Bonchev–Trinajstić information content (AvgIpc) is 2.44. The molecule has 6 heteroatoms. The molecule has 0 aliphatic rings. The Labute approximate surface area is 119 Å². The van der Waals surface area contributed by atoms with Crippen molar-refractivity contribution in [2.45, 2.75) is 6.92 Å². The van der Waals surface area contributed by atoms with Crippen molar-refractivity contribution >= 4 is 17.3 Å². The zero-order valence-corrected chi connectivity index (χ0v) is 11.2. The van der Waals surface area contributed by atoms with E-state index in [9.17, 15) is 18.0 Å². The molecule has 0 aromatic heterocycles. The fourth-order valence-corrected chi connectivity index (χ4v) is 1.70. The van der Waals surface area contributed by atoms with Crippen LogP contribution in [-0.4, -0.2) is 12.5 Å². The van der Waals surface area contributed by atoms with E-state index in [4.69, 9.17) is 0 Å². The van der Waals surface area contributed by atoms with Crippen molar-refractivity contribution < 1.29 is 18.0 Å². The molecule has 3 nitrogen and oxygen atoms in total. The molecule has 2 rings (SSSR count). The summed E-state index contributed by atoms with van der Waals surface area (Å²) in [6, 6.07) is 8.31. The highest BCUT2D eigenvalue weighted by Crippen LogP contribution is 2.18. The predicted molar refractivity (Wildman–Crippen MR) is 74.6 cm³/mol. The van der Waals surface area contributed by atoms with Crippen LogP contribution >= 0.6 is 0 Å². The Kier molecular flexibility index (Phi) is 4.47. The van der Waals surface area contributed by atoms with Crippen LogP contribution < -0.4 is 10.6 Å². The number of halogens is 3. The molecule has 0 aliphatic carbocycles.